The Bertz CT molecular complexity index is 432. The summed E-state index contributed by atoms with van der Waals surface area (Å²) in [6.45, 7) is 18.7. The molecule has 1 nitrogen and oxygen atoms in total. The van der Waals surface area contributed by atoms with Crippen molar-refractivity contribution in [2.24, 2.45) is 5.41 Å². The first kappa shape index (κ1) is 17.0. The third-order valence-electron chi connectivity index (χ3n) is 3.32. The second-order valence-corrected chi connectivity index (χ2v) is 7.77. The molecule has 0 saturated carbocycles. The number of benzene rings is 1. The molecule has 0 atom stereocenters. The van der Waals surface area contributed by atoms with Gasteiger partial charge in [0, 0.05) is 0 Å². The summed E-state index contributed by atoms with van der Waals surface area (Å²) in [4.78, 5) is 0. The van der Waals surface area contributed by atoms with E-state index in [0.717, 1.165) is 5.57 Å². The number of hydrogen-bond donors (Lipinski definition) is 0. The van der Waals surface area contributed by atoms with Gasteiger partial charge in [-0.2, -0.15) is 0 Å². The Morgan fingerprint density at radius 3 is 2.05 bits per heavy atom. The summed E-state index contributed by atoms with van der Waals surface area (Å²) in [5.74, 6) is 0. The molecule has 0 N–H and O–H groups in total. The fraction of sp³-hybridized carbons (Fsp3) is 0.579. The van der Waals surface area contributed by atoms with Gasteiger partial charge in [-0.1, -0.05) is 71.0 Å². The molecule has 0 spiro atoms. The monoisotopic (exact) mass is 274 g/mol. The largest absolute Gasteiger partial charge is 0.372 e. The fourth-order valence-electron chi connectivity index (χ4n) is 2.82. The van der Waals surface area contributed by atoms with Crippen LogP contribution < -0.4 is 0 Å². The van der Waals surface area contributed by atoms with Gasteiger partial charge in [-0.3, -0.25) is 0 Å². The predicted octanol–water partition coefficient (Wildman–Crippen LogP) is 5.49. The number of hydrogen-bond acceptors (Lipinski definition) is 1. The Morgan fingerprint density at radius 2 is 1.60 bits per heavy atom. The lowest BCUT2D eigenvalue weighted by molar-refractivity contribution is 0.143. The van der Waals surface area contributed by atoms with Gasteiger partial charge in [0.1, 0.15) is 0 Å². The summed E-state index contributed by atoms with van der Waals surface area (Å²) in [6.07, 6.45) is 1.17. The van der Waals surface area contributed by atoms with Crippen molar-refractivity contribution in [3.8, 4) is 0 Å². The van der Waals surface area contributed by atoms with Crippen molar-refractivity contribution in [1.82, 2.24) is 0 Å². The van der Waals surface area contributed by atoms with E-state index in [-0.39, 0.29) is 5.41 Å². The van der Waals surface area contributed by atoms with E-state index in [0.29, 0.717) is 18.6 Å². The highest BCUT2D eigenvalue weighted by atomic mass is 16.5. The minimum atomic E-state index is 0.204. The van der Waals surface area contributed by atoms with Gasteiger partial charge < -0.3 is 4.74 Å². The Morgan fingerprint density at radius 1 is 1.05 bits per heavy atom. The molecule has 0 heterocycles. The molecule has 1 aromatic rings. The molecule has 0 radical (unpaired) electrons. The summed E-state index contributed by atoms with van der Waals surface area (Å²) in [5, 5.41) is 0. The quantitative estimate of drug-likeness (QED) is 0.623. The van der Waals surface area contributed by atoms with Crippen molar-refractivity contribution in [1.29, 1.82) is 0 Å². The Balaban J connectivity index is 2.68. The highest BCUT2D eigenvalue weighted by molar-refractivity contribution is 5.28. The first-order valence-corrected chi connectivity index (χ1v) is 7.42. The molecule has 1 rings (SSSR count). The van der Waals surface area contributed by atoms with E-state index < -0.39 is 0 Å². The highest BCUT2D eigenvalue weighted by Crippen LogP contribution is 2.36. The molecule has 0 unspecified atom stereocenters. The summed E-state index contributed by atoms with van der Waals surface area (Å²) >= 11 is 0. The molecular weight excluding hydrogens is 244 g/mol. The average Bonchev–Trinajstić information content (AvgIpc) is 2.26. The maximum absolute atomic E-state index is 5.59. The van der Waals surface area contributed by atoms with Crippen molar-refractivity contribution in [3.63, 3.8) is 0 Å². The van der Waals surface area contributed by atoms with E-state index >= 15 is 0 Å². The van der Waals surface area contributed by atoms with Crippen molar-refractivity contribution in [2.45, 2.75) is 60.0 Å². The van der Waals surface area contributed by atoms with Gasteiger partial charge in [-0.25, -0.2) is 0 Å². The molecule has 1 aromatic carbocycles. The van der Waals surface area contributed by atoms with Gasteiger partial charge in [-0.05, 0) is 35.3 Å². The average molecular weight is 274 g/mol. The zero-order chi connectivity index (χ0) is 15.4. The third-order valence-corrected chi connectivity index (χ3v) is 3.32. The molecule has 0 saturated heterocycles. The van der Waals surface area contributed by atoms with Gasteiger partial charge in [0.15, 0.2) is 0 Å². The van der Waals surface area contributed by atoms with Crippen LogP contribution in [0.15, 0.2) is 36.4 Å². The summed E-state index contributed by atoms with van der Waals surface area (Å²) in [5.41, 5.74) is 4.23. The molecule has 0 fully saturated rings. The minimum Gasteiger partial charge on any atom is -0.372 e. The minimum absolute atomic E-state index is 0.204. The summed E-state index contributed by atoms with van der Waals surface area (Å²) in [6, 6.07) is 8.84. The van der Waals surface area contributed by atoms with Gasteiger partial charge >= 0.3 is 0 Å². The lowest BCUT2D eigenvalue weighted by Crippen LogP contribution is -2.24. The van der Waals surface area contributed by atoms with E-state index in [1.165, 1.54) is 17.5 Å². The van der Waals surface area contributed by atoms with Crippen molar-refractivity contribution < 1.29 is 4.74 Å². The lowest BCUT2D eigenvalue weighted by Gasteiger charge is -2.33. The van der Waals surface area contributed by atoms with Crippen molar-refractivity contribution in [2.75, 3.05) is 6.61 Å². The van der Waals surface area contributed by atoms with Crippen molar-refractivity contribution >= 4 is 0 Å². The summed E-state index contributed by atoms with van der Waals surface area (Å²) in [7, 11) is 0. The molecule has 0 aromatic heterocycles. The van der Waals surface area contributed by atoms with Crippen LogP contribution >= 0.6 is 0 Å². The molecule has 0 aliphatic carbocycles. The van der Waals surface area contributed by atoms with Crippen LogP contribution in [0, 0.1) is 5.41 Å². The van der Waals surface area contributed by atoms with E-state index in [4.69, 9.17) is 4.74 Å². The molecular formula is C19H30O. The van der Waals surface area contributed by atoms with Crippen LogP contribution in [0.25, 0.3) is 0 Å². The second-order valence-electron chi connectivity index (χ2n) is 7.77. The lowest BCUT2D eigenvalue weighted by atomic mass is 9.72. The van der Waals surface area contributed by atoms with Gasteiger partial charge in [0.25, 0.3) is 0 Å². The molecule has 0 aliphatic rings. The van der Waals surface area contributed by atoms with E-state index in [9.17, 15) is 0 Å². The highest BCUT2D eigenvalue weighted by Gasteiger charge is 2.26. The first-order chi connectivity index (χ1) is 9.10. The van der Waals surface area contributed by atoms with E-state index in [2.05, 4.69) is 65.5 Å². The first-order valence-electron chi connectivity index (χ1n) is 7.42. The molecule has 20 heavy (non-hydrogen) atoms. The smallest absolute Gasteiger partial charge is 0.0721 e. The van der Waals surface area contributed by atoms with Crippen LogP contribution in [0.4, 0.5) is 0 Å². The predicted molar refractivity (Wildman–Crippen MR) is 88.0 cm³/mol. The topological polar surface area (TPSA) is 9.23 Å². The normalized spacial score (nSPS) is 12.5. The van der Waals surface area contributed by atoms with Gasteiger partial charge in [0.05, 0.1) is 13.2 Å². The zero-order valence-electron chi connectivity index (χ0n) is 14.0. The molecule has 0 aliphatic heterocycles. The van der Waals surface area contributed by atoms with Crippen LogP contribution in [0.5, 0.6) is 0 Å². The van der Waals surface area contributed by atoms with E-state index in [1.807, 2.05) is 6.92 Å². The molecule has 1 heteroatoms. The number of rotatable bonds is 6. The van der Waals surface area contributed by atoms with Crippen molar-refractivity contribution in [3.05, 3.63) is 47.5 Å². The SMILES string of the molecule is C=C(C)COCc1ccc(C(C)(C)CC(C)(C)C)cc1. The standard InChI is InChI=1S/C19H30O/c1-15(2)12-20-13-16-8-10-17(11-9-16)19(6,7)14-18(3,4)5/h8-11H,1,12-14H2,2-7H3. The second kappa shape index (κ2) is 6.58. The maximum Gasteiger partial charge on any atom is 0.0721 e. The maximum atomic E-state index is 5.59. The Hall–Kier alpha value is -1.08. The molecule has 0 bridgehead atoms. The zero-order valence-corrected chi connectivity index (χ0v) is 14.0. The van der Waals surface area contributed by atoms with Crippen LogP contribution in [-0.2, 0) is 16.8 Å². The Labute approximate surface area is 125 Å². The molecule has 112 valence electrons. The van der Waals surface area contributed by atoms with Crippen LogP contribution in [0.2, 0.25) is 0 Å². The van der Waals surface area contributed by atoms with Crippen LogP contribution in [-0.4, -0.2) is 6.61 Å². The van der Waals surface area contributed by atoms with Gasteiger partial charge in [0.2, 0.25) is 0 Å². The Kier molecular flexibility index (Phi) is 5.59. The fourth-order valence-corrected chi connectivity index (χ4v) is 2.82. The van der Waals surface area contributed by atoms with Crippen LogP contribution in [0.3, 0.4) is 0 Å². The van der Waals surface area contributed by atoms with E-state index in [1.54, 1.807) is 0 Å². The summed E-state index contributed by atoms with van der Waals surface area (Å²) < 4.78 is 5.59. The van der Waals surface area contributed by atoms with Gasteiger partial charge in [-0.15, -0.1) is 0 Å². The number of ether oxygens (including phenoxy) is 1. The molecule has 0 amide bonds. The van der Waals surface area contributed by atoms with Crippen LogP contribution in [0.1, 0.15) is 59.1 Å². The third kappa shape index (κ3) is 5.92.